The molecule has 1 amide bonds. The number of hydrazone groups is 1. The molecule has 2 N–H and O–H groups in total. The average molecular weight is 348 g/mol. The Morgan fingerprint density at radius 2 is 1.77 bits per heavy atom. The van der Waals surface area contributed by atoms with Gasteiger partial charge in [-0.2, -0.15) is 5.10 Å². The van der Waals surface area contributed by atoms with Crippen molar-refractivity contribution in [2.45, 2.75) is 12.8 Å². The van der Waals surface area contributed by atoms with Gasteiger partial charge in [-0.3, -0.25) is 4.79 Å². The number of phenolic OH excluding ortho intramolecular Hbond substituents is 1. The van der Waals surface area contributed by atoms with Crippen LogP contribution in [0, 0.1) is 0 Å². The molecule has 1 atom stereocenters. The van der Waals surface area contributed by atoms with Crippen molar-refractivity contribution < 1.29 is 14.6 Å². The predicted octanol–water partition coefficient (Wildman–Crippen LogP) is 3.81. The van der Waals surface area contributed by atoms with Crippen LogP contribution in [0.1, 0.15) is 24.0 Å². The van der Waals surface area contributed by atoms with Crippen molar-refractivity contribution in [3.8, 4) is 11.5 Å². The molecule has 0 aromatic heterocycles. The molecule has 0 radical (unpaired) electrons. The summed E-state index contributed by atoms with van der Waals surface area (Å²) in [5.41, 5.74) is 4.26. The van der Waals surface area contributed by atoms with Gasteiger partial charge in [0.05, 0.1) is 19.2 Å². The minimum absolute atomic E-state index is 0.187. The fraction of sp³-hybridized carbons (Fsp3) is 0.143. The zero-order chi connectivity index (χ0) is 18.5. The number of benzene rings is 3. The Hall–Kier alpha value is -3.34. The van der Waals surface area contributed by atoms with E-state index in [1.165, 1.54) is 6.21 Å². The fourth-order valence-electron chi connectivity index (χ4n) is 2.62. The van der Waals surface area contributed by atoms with E-state index in [0.29, 0.717) is 0 Å². The van der Waals surface area contributed by atoms with E-state index in [-0.39, 0.29) is 17.6 Å². The molecule has 3 aromatic carbocycles. The zero-order valence-electron chi connectivity index (χ0n) is 14.6. The number of fused-ring (bicyclic) bond motifs is 1. The Morgan fingerprint density at radius 3 is 2.50 bits per heavy atom. The van der Waals surface area contributed by atoms with E-state index in [4.69, 9.17) is 4.74 Å². The molecule has 26 heavy (non-hydrogen) atoms. The highest BCUT2D eigenvalue weighted by molar-refractivity contribution is 5.89. The number of hydrogen-bond donors (Lipinski definition) is 2. The molecule has 0 aliphatic rings. The van der Waals surface area contributed by atoms with E-state index >= 15 is 0 Å². The van der Waals surface area contributed by atoms with Crippen LogP contribution >= 0.6 is 0 Å². The lowest BCUT2D eigenvalue weighted by Gasteiger charge is -2.11. The van der Waals surface area contributed by atoms with E-state index in [0.717, 1.165) is 27.6 Å². The number of rotatable bonds is 5. The molecule has 5 nitrogen and oxygen atoms in total. The Labute approximate surface area is 151 Å². The van der Waals surface area contributed by atoms with Gasteiger partial charge in [-0.05, 0) is 65.2 Å². The first-order valence-corrected chi connectivity index (χ1v) is 8.26. The maximum atomic E-state index is 12.3. The molecule has 0 fully saturated rings. The maximum Gasteiger partial charge on any atom is 0.247 e. The van der Waals surface area contributed by atoms with Gasteiger partial charge in [0, 0.05) is 0 Å². The number of phenols is 1. The molecule has 0 saturated heterocycles. The van der Waals surface area contributed by atoms with E-state index < -0.39 is 0 Å². The van der Waals surface area contributed by atoms with Gasteiger partial charge >= 0.3 is 0 Å². The maximum absolute atomic E-state index is 12.3. The molecule has 3 aromatic rings. The topological polar surface area (TPSA) is 70.9 Å². The van der Waals surface area contributed by atoms with Gasteiger partial charge in [0.15, 0.2) is 0 Å². The van der Waals surface area contributed by atoms with Crippen LogP contribution < -0.4 is 10.2 Å². The second kappa shape index (κ2) is 7.70. The molecule has 5 heteroatoms. The van der Waals surface area contributed by atoms with E-state index in [1.807, 2.05) is 43.3 Å². The molecule has 0 saturated carbocycles. The number of amides is 1. The smallest absolute Gasteiger partial charge is 0.247 e. The lowest BCUT2D eigenvalue weighted by atomic mass is 9.97. The van der Waals surface area contributed by atoms with Crippen molar-refractivity contribution in [1.29, 1.82) is 0 Å². The lowest BCUT2D eigenvalue weighted by molar-refractivity contribution is -0.122. The summed E-state index contributed by atoms with van der Waals surface area (Å²) >= 11 is 0. The number of carbonyl (C=O) groups excluding carboxylic acids is 1. The highest BCUT2D eigenvalue weighted by Gasteiger charge is 2.15. The third-order valence-electron chi connectivity index (χ3n) is 4.25. The van der Waals surface area contributed by atoms with Crippen LogP contribution in [0.15, 0.2) is 65.8 Å². The number of aromatic hydroxyl groups is 1. The predicted molar refractivity (Wildman–Crippen MR) is 103 cm³/mol. The molecule has 0 bridgehead atoms. The molecule has 0 heterocycles. The highest BCUT2D eigenvalue weighted by Crippen LogP contribution is 2.25. The summed E-state index contributed by atoms with van der Waals surface area (Å²) in [5.74, 6) is 0.472. The third kappa shape index (κ3) is 4.00. The van der Waals surface area contributed by atoms with Crippen LogP contribution in [0.2, 0.25) is 0 Å². The summed E-state index contributed by atoms with van der Waals surface area (Å²) in [6.07, 6.45) is 1.54. The van der Waals surface area contributed by atoms with Crippen LogP contribution in [0.25, 0.3) is 10.8 Å². The van der Waals surface area contributed by atoms with Gasteiger partial charge in [0.2, 0.25) is 5.91 Å². The van der Waals surface area contributed by atoms with E-state index in [2.05, 4.69) is 10.5 Å². The molecule has 1 unspecified atom stereocenters. The monoisotopic (exact) mass is 348 g/mol. The molecule has 3 rings (SSSR count). The van der Waals surface area contributed by atoms with Gasteiger partial charge in [-0.15, -0.1) is 0 Å². The molecule has 0 spiro atoms. The van der Waals surface area contributed by atoms with Crippen LogP contribution in [0.5, 0.6) is 11.5 Å². The van der Waals surface area contributed by atoms with Gasteiger partial charge in [0.25, 0.3) is 0 Å². The third-order valence-corrected chi connectivity index (χ3v) is 4.25. The quantitative estimate of drug-likeness (QED) is 0.544. The largest absolute Gasteiger partial charge is 0.508 e. The number of hydrogen-bond acceptors (Lipinski definition) is 4. The van der Waals surface area contributed by atoms with Crippen molar-refractivity contribution in [3.05, 3.63) is 71.8 Å². The summed E-state index contributed by atoms with van der Waals surface area (Å²) in [7, 11) is 1.64. The SMILES string of the molecule is COc1ccc2cc(C(C)C(=O)N/N=C/c3ccc(O)cc3)ccc2c1. The molecule has 132 valence electrons. The standard InChI is InChI=1S/C21H20N2O3/c1-14(21(25)23-22-13-15-3-8-19(24)9-4-15)16-5-6-18-12-20(26-2)10-7-17(18)11-16/h3-14,24H,1-2H3,(H,23,25)/b22-13+. The van der Waals surface area contributed by atoms with Crippen molar-refractivity contribution in [3.63, 3.8) is 0 Å². The summed E-state index contributed by atoms with van der Waals surface area (Å²) < 4.78 is 5.23. The van der Waals surface area contributed by atoms with Gasteiger partial charge in [-0.25, -0.2) is 5.43 Å². The summed E-state index contributed by atoms with van der Waals surface area (Å²) in [6.45, 7) is 1.84. The number of nitrogens with zero attached hydrogens (tertiary/aromatic N) is 1. The number of ether oxygens (including phenoxy) is 1. The van der Waals surface area contributed by atoms with Crippen LogP contribution in [-0.4, -0.2) is 24.3 Å². The van der Waals surface area contributed by atoms with Gasteiger partial charge < -0.3 is 9.84 Å². The summed E-state index contributed by atoms with van der Waals surface area (Å²) in [6, 6.07) is 18.3. The van der Waals surface area contributed by atoms with Crippen molar-refractivity contribution in [1.82, 2.24) is 5.43 Å². The van der Waals surface area contributed by atoms with E-state index in [9.17, 15) is 9.90 Å². The number of carbonyl (C=O) groups is 1. The molecule has 0 aliphatic heterocycles. The second-order valence-corrected chi connectivity index (χ2v) is 6.02. The Balaban J connectivity index is 1.69. The van der Waals surface area contributed by atoms with Crippen molar-refractivity contribution >= 4 is 22.9 Å². The minimum Gasteiger partial charge on any atom is -0.508 e. The summed E-state index contributed by atoms with van der Waals surface area (Å²) in [4.78, 5) is 12.3. The lowest BCUT2D eigenvalue weighted by Crippen LogP contribution is -2.23. The molecular weight excluding hydrogens is 328 g/mol. The molecular formula is C21H20N2O3. The zero-order valence-corrected chi connectivity index (χ0v) is 14.6. The minimum atomic E-state index is -0.335. The Morgan fingerprint density at radius 1 is 1.08 bits per heavy atom. The second-order valence-electron chi connectivity index (χ2n) is 6.02. The van der Waals surface area contributed by atoms with Crippen LogP contribution in [0.3, 0.4) is 0 Å². The van der Waals surface area contributed by atoms with Crippen molar-refractivity contribution in [2.75, 3.05) is 7.11 Å². The van der Waals surface area contributed by atoms with Gasteiger partial charge in [0.1, 0.15) is 11.5 Å². The number of nitrogens with one attached hydrogen (secondary N) is 1. The number of methoxy groups -OCH3 is 1. The normalized spacial score (nSPS) is 12.2. The Kier molecular flexibility index (Phi) is 5.17. The highest BCUT2D eigenvalue weighted by atomic mass is 16.5. The average Bonchev–Trinajstić information content (AvgIpc) is 2.68. The first-order valence-electron chi connectivity index (χ1n) is 8.26. The Bertz CT molecular complexity index is 949. The first kappa shape index (κ1) is 17.5. The summed E-state index contributed by atoms with van der Waals surface area (Å²) in [5, 5.41) is 15.3. The van der Waals surface area contributed by atoms with Crippen LogP contribution in [-0.2, 0) is 4.79 Å². The fourth-order valence-corrected chi connectivity index (χ4v) is 2.62. The van der Waals surface area contributed by atoms with E-state index in [1.54, 1.807) is 31.4 Å². The van der Waals surface area contributed by atoms with Crippen LogP contribution in [0.4, 0.5) is 0 Å². The van der Waals surface area contributed by atoms with Gasteiger partial charge in [-0.1, -0.05) is 24.3 Å². The molecule has 0 aliphatic carbocycles. The first-order chi connectivity index (χ1) is 12.6. The van der Waals surface area contributed by atoms with Crippen molar-refractivity contribution in [2.24, 2.45) is 5.10 Å².